The van der Waals surface area contributed by atoms with Gasteiger partial charge in [0.2, 0.25) is 0 Å². The van der Waals surface area contributed by atoms with E-state index >= 15 is 0 Å². The summed E-state index contributed by atoms with van der Waals surface area (Å²) in [5.41, 5.74) is 2.45. The van der Waals surface area contributed by atoms with Crippen LogP contribution in [-0.4, -0.2) is 40.0 Å². The predicted octanol–water partition coefficient (Wildman–Crippen LogP) is 2.59. The maximum atomic E-state index is 4.64. The first-order valence-corrected chi connectivity index (χ1v) is 8.35. The van der Waals surface area contributed by atoms with Crippen LogP contribution < -0.4 is 5.32 Å². The van der Waals surface area contributed by atoms with Gasteiger partial charge in [0.15, 0.2) is 4.96 Å². The fourth-order valence-electron chi connectivity index (χ4n) is 3.03. The molecule has 0 radical (unpaired) electrons. The maximum Gasteiger partial charge on any atom is 0.194 e. The standard InChI is InChI=1S/C15H24N4S/c1-11(18-6-4-5-7-18)8-16-9-14-13(3)17-15-19(14)10-12(2)20-15/h10-11,16H,4-9H2,1-3H3. The number of rotatable bonds is 5. The third kappa shape index (κ3) is 2.75. The molecular weight excluding hydrogens is 268 g/mol. The van der Waals surface area contributed by atoms with E-state index in [1.165, 1.54) is 36.5 Å². The number of hydrogen-bond donors (Lipinski definition) is 1. The second kappa shape index (κ2) is 5.84. The topological polar surface area (TPSA) is 32.6 Å². The normalized spacial score (nSPS) is 18.1. The van der Waals surface area contributed by atoms with Gasteiger partial charge in [0.1, 0.15) is 0 Å². The SMILES string of the molecule is Cc1cn2c(CNCC(C)N3CCCC3)c(C)nc2s1. The van der Waals surface area contributed by atoms with Gasteiger partial charge in [0.25, 0.3) is 0 Å². The molecule has 3 rings (SSSR count). The largest absolute Gasteiger partial charge is 0.310 e. The first kappa shape index (κ1) is 14.0. The number of aryl methyl sites for hydroxylation is 2. The lowest BCUT2D eigenvalue weighted by molar-refractivity contribution is 0.251. The third-order valence-electron chi connectivity index (χ3n) is 4.24. The van der Waals surface area contributed by atoms with E-state index in [2.05, 4.69) is 46.6 Å². The van der Waals surface area contributed by atoms with Crippen molar-refractivity contribution in [2.24, 2.45) is 0 Å². The quantitative estimate of drug-likeness (QED) is 0.919. The van der Waals surface area contributed by atoms with Gasteiger partial charge in [0, 0.05) is 30.2 Å². The summed E-state index contributed by atoms with van der Waals surface area (Å²) in [5.74, 6) is 0. The van der Waals surface area contributed by atoms with Crippen molar-refractivity contribution in [1.29, 1.82) is 0 Å². The zero-order valence-electron chi connectivity index (χ0n) is 12.6. The Kier molecular flexibility index (Phi) is 4.10. The molecule has 1 aliphatic rings. The molecule has 2 aromatic heterocycles. The van der Waals surface area contributed by atoms with Gasteiger partial charge in [-0.15, -0.1) is 11.3 Å². The van der Waals surface area contributed by atoms with Crippen molar-refractivity contribution in [2.45, 2.75) is 46.2 Å². The van der Waals surface area contributed by atoms with Crippen molar-refractivity contribution in [3.05, 3.63) is 22.5 Å². The molecule has 0 bridgehead atoms. The zero-order chi connectivity index (χ0) is 14.1. The molecule has 0 amide bonds. The predicted molar refractivity (Wildman–Crippen MR) is 84.5 cm³/mol. The highest BCUT2D eigenvalue weighted by Crippen LogP contribution is 2.20. The molecule has 1 aliphatic heterocycles. The minimum absolute atomic E-state index is 0.630. The first-order chi connectivity index (χ1) is 9.65. The number of imidazole rings is 1. The molecule has 3 heterocycles. The molecule has 20 heavy (non-hydrogen) atoms. The van der Waals surface area contributed by atoms with E-state index in [0.717, 1.165) is 23.7 Å². The Balaban J connectivity index is 1.60. The fraction of sp³-hybridized carbons (Fsp3) is 0.667. The van der Waals surface area contributed by atoms with Crippen LogP contribution in [0.3, 0.4) is 0 Å². The van der Waals surface area contributed by atoms with Crippen LogP contribution in [0.4, 0.5) is 0 Å². The summed E-state index contributed by atoms with van der Waals surface area (Å²) in [4.78, 5) is 9.66. The van der Waals surface area contributed by atoms with E-state index < -0.39 is 0 Å². The molecule has 1 saturated heterocycles. The molecule has 4 nitrogen and oxygen atoms in total. The van der Waals surface area contributed by atoms with Crippen molar-refractivity contribution in [1.82, 2.24) is 19.6 Å². The van der Waals surface area contributed by atoms with Crippen LogP contribution in [0.25, 0.3) is 4.96 Å². The molecule has 0 aliphatic carbocycles. The summed E-state index contributed by atoms with van der Waals surface area (Å²) >= 11 is 1.76. The van der Waals surface area contributed by atoms with Crippen LogP contribution in [0.15, 0.2) is 6.20 Å². The minimum atomic E-state index is 0.630. The van der Waals surface area contributed by atoms with Crippen molar-refractivity contribution >= 4 is 16.3 Å². The molecule has 1 fully saturated rings. The average molecular weight is 292 g/mol. The number of fused-ring (bicyclic) bond motifs is 1. The van der Waals surface area contributed by atoms with Crippen LogP contribution in [0.5, 0.6) is 0 Å². The molecule has 1 atom stereocenters. The minimum Gasteiger partial charge on any atom is -0.310 e. The number of hydrogen-bond acceptors (Lipinski definition) is 4. The van der Waals surface area contributed by atoms with Crippen molar-refractivity contribution in [3.63, 3.8) is 0 Å². The van der Waals surface area contributed by atoms with Gasteiger partial charge < -0.3 is 5.32 Å². The number of nitrogens with zero attached hydrogens (tertiary/aromatic N) is 3. The molecule has 0 aromatic carbocycles. The fourth-order valence-corrected chi connectivity index (χ4v) is 3.92. The van der Waals surface area contributed by atoms with E-state index in [-0.39, 0.29) is 0 Å². The Bertz CT molecular complexity index is 580. The summed E-state index contributed by atoms with van der Waals surface area (Å²) in [6.07, 6.45) is 4.92. The van der Waals surface area contributed by atoms with Crippen LogP contribution >= 0.6 is 11.3 Å². The van der Waals surface area contributed by atoms with Crippen LogP contribution in [0.2, 0.25) is 0 Å². The summed E-state index contributed by atoms with van der Waals surface area (Å²) in [5, 5.41) is 3.61. The number of likely N-dealkylation sites (tertiary alicyclic amines) is 1. The molecular formula is C15H24N4S. The number of nitrogens with one attached hydrogen (secondary N) is 1. The van der Waals surface area contributed by atoms with E-state index in [9.17, 15) is 0 Å². The average Bonchev–Trinajstić information content (AvgIpc) is 3.08. The lowest BCUT2D eigenvalue weighted by Crippen LogP contribution is -2.38. The van der Waals surface area contributed by atoms with E-state index in [4.69, 9.17) is 0 Å². The van der Waals surface area contributed by atoms with E-state index in [0.29, 0.717) is 6.04 Å². The highest BCUT2D eigenvalue weighted by atomic mass is 32.1. The summed E-state index contributed by atoms with van der Waals surface area (Å²) in [7, 11) is 0. The molecule has 1 unspecified atom stereocenters. The Hall–Kier alpha value is -0.910. The van der Waals surface area contributed by atoms with Gasteiger partial charge in [-0.05, 0) is 46.7 Å². The number of aromatic nitrogens is 2. The smallest absolute Gasteiger partial charge is 0.194 e. The Morgan fingerprint density at radius 1 is 1.35 bits per heavy atom. The first-order valence-electron chi connectivity index (χ1n) is 7.54. The molecule has 5 heteroatoms. The number of thiazole rings is 1. The van der Waals surface area contributed by atoms with Crippen LogP contribution in [0.1, 0.15) is 36.0 Å². The second-order valence-electron chi connectivity index (χ2n) is 5.86. The molecule has 2 aromatic rings. The van der Waals surface area contributed by atoms with E-state index in [1.807, 2.05) is 0 Å². The molecule has 110 valence electrons. The lowest BCUT2D eigenvalue weighted by Gasteiger charge is -2.23. The zero-order valence-corrected chi connectivity index (χ0v) is 13.5. The summed E-state index contributed by atoms with van der Waals surface area (Å²) < 4.78 is 2.24. The Morgan fingerprint density at radius 2 is 2.10 bits per heavy atom. The van der Waals surface area contributed by atoms with Gasteiger partial charge in [0.05, 0.1) is 11.4 Å². The Labute approximate surface area is 124 Å². The van der Waals surface area contributed by atoms with Crippen LogP contribution in [0, 0.1) is 13.8 Å². The summed E-state index contributed by atoms with van der Waals surface area (Å²) in [6, 6.07) is 0.630. The van der Waals surface area contributed by atoms with Gasteiger partial charge in [-0.3, -0.25) is 9.30 Å². The van der Waals surface area contributed by atoms with Crippen molar-refractivity contribution in [3.8, 4) is 0 Å². The summed E-state index contributed by atoms with van der Waals surface area (Å²) in [6.45, 7) is 11.1. The molecule has 0 saturated carbocycles. The maximum absolute atomic E-state index is 4.64. The van der Waals surface area contributed by atoms with E-state index in [1.54, 1.807) is 11.3 Å². The molecule has 0 spiro atoms. The van der Waals surface area contributed by atoms with Crippen molar-refractivity contribution < 1.29 is 0 Å². The van der Waals surface area contributed by atoms with Gasteiger partial charge in [-0.2, -0.15) is 0 Å². The second-order valence-corrected chi connectivity index (χ2v) is 7.07. The highest BCUT2D eigenvalue weighted by Gasteiger charge is 2.18. The lowest BCUT2D eigenvalue weighted by atomic mass is 10.3. The highest BCUT2D eigenvalue weighted by molar-refractivity contribution is 7.17. The third-order valence-corrected chi connectivity index (χ3v) is 5.14. The van der Waals surface area contributed by atoms with Crippen molar-refractivity contribution in [2.75, 3.05) is 19.6 Å². The monoisotopic (exact) mass is 292 g/mol. The molecule has 1 N–H and O–H groups in total. The van der Waals surface area contributed by atoms with Crippen LogP contribution in [-0.2, 0) is 6.54 Å². The van der Waals surface area contributed by atoms with Gasteiger partial charge in [-0.25, -0.2) is 4.98 Å². The Morgan fingerprint density at radius 3 is 2.85 bits per heavy atom. The van der Waals surface area contributed by atoms with Gasteiger partial charge >= 0.3 is 0 Å². The van der Waals surface area contributed by atoms with Gasteiger partial charge in [-0.1, -0.05) is 0 Å².